The zero-order valence-corrected chi connectivity index (χ0v) is 17.8. The number of benzene rings is 2. The van der Waals surface area contributed by atoms with Gasteiger partial charge in [0.25, 0.3) is 5.56 Å². The van der Waals surface area contributed by atoms with E-state index in [0.29, 0.717) is 22.2 Å². The number of rotatable bonds is 6. The zero-order valence-electron chi connectivity index (χ0n) is 16.2. The fourth-order valence-electron chi connectivity index (χ4n) is 3.12. The molecule has 30 heavy (non-hydrogen) atoms. The normalized spacial score (nSPS) is 15.1. The number of carbonyl (C=O) groups is 1. The summed E-state index contributed by atoms with van der Waals surface area (Å²) in [6.45, 7) is 2.23. The van der Waals surface area contributed by atoms with Gasteiger partial charge in [0.1, 0.15) is 12.4 Å². The van der Waals surface area contributed by atoms with E-state index in [1.165, 1.54) is 40.6 Å². The Balaban J connectivity index is 1.56. The molecule has 1 atom stereocenters. The lowest BCUT2D eigenvalue weighted by Gasteiger charge is -2.13. The van der Waals surface area contributed by atoms with E-state index in [9.17, 15) is 14.0 Å². The number of hydrogen-bond acceptors (Lipinski definition) is 6. The predicted molar refractivity (Wildman–Crippen MR) is 116 cm³/mol. The molecule has 0 saturated carbocycles. The number of aromatic nitrogens is 2. The summed E-state index contributed by atoms with van der Waals surface area (Å²) in [5.41, 5.74) is 1.97. The van der Waals surface area contributed by atoms with E-state index in [-0.39, 0.29) is 29.0 Å². The van der Waals surface area contributed by atoms with Crippen LogP contribution < -0.4 is 5.56 Å². The highest BCUT2D eigenvalue weighted by molar-refractivity contribution is 8.00. The van der Waals surface area contributed by atoms with Gasteiger partial charge in [-0.05, 0) is 29.8 Å². The van der Waals surface area contributed by atoms with E-state index in [1.54, 1.807) is 0 Å². The van der Waals surface area contributed by atoms with Crippen LogP contribution in [0.1, 0.15) is 18.2 Å². The average molecular weight is 443 g/mol. The number of carbonyl (C=O) groups excluding carboxylic acids is 1. The highest BCUT2D eigenvalue weighted by Gasteiger charge is 2.27. The Morgan fingerprint density at radius 3 is 2.70 bits per heavy atom. The summed E-state index contributed by atoms with van der Waals surface area (Å²) in [5, 5.41) is 0.662. The maximum absolute atomic E-state index is 13.4. The minimum absolute atomic E-state index is 0.0158. The number of halogens is 1. The molecule has 0 bridgehead atoms. The fraction of sp³-hybridized carbons (Fsp3) is 0.227. The monoisotopic (exact) mass is 442 g/mol. The quantitative estimate of drug-likeness (QED) is 0.323. The van der Waals surface area contributed by atoms with Gasteiger partial charge in [0.2, 0.25) is 0 Å². The Bertz CT molecular complexity index is 1120. The Morgan fingerprint density at radius 2 is 1.97 bits per heavy atom. The topological polar surface area (TPSA) is 61.2 Å². The SMILES string of the molecule is CC1Cc2nc(SCC(=O)OCc3ccccc3)n(-c3ccc(F)cc3)c(=O)c2S1. The van der Waals surface area contributed by atoms with Gasteiger partial charge in [0, 0.05) is 11.7 Å². The molecule has 0 saturated heterocycles. The molecule has 8 heteroatoms. The molecule has 154 valence electrons. The summed E-state index contributed by atoms with van der Waals surface area (Å²) in [5.74, 6) is -0.767. The molecule has 0 amide bonds. The van der Waals surface area contributed by atoms with Crippen molar-refractivity contribution in [2.45, 2.75) is 35.3 Å². The molecule has 1 unspecified atom stereocenters. The number of thioether (sulfide) groups is 2. The molecule has 0 aliphatic carbocycles. The summed E-state index contributed by atoms with van der Waals surface area (Å²) >= 11 is 2.64. The van der Waals surface area contributed by atoms with Crippen molar-refractivity contribution in [1.82, 2.24) is 9.55 Å². The molecule has 1 aliphatic rings. The lowest BCUT2D eigenvalue weighted by Crippen LogP contribution is -2.24. The highest BCUT2D eigenvalue weighted by atomic mass is 32.2. The number of hydrogen-bond donors (Lipinski definition) is 0. The number of fused-ring (bicyclic) bond motifs is 1. The third kappa shape index (κ3) is 4.60. The molecular formula is C22H19FN2O3S2. The van der Waals surface area contributed by atoms with Crippen molar-refractivity contribution in [2.24, 2.45) is 0 Å². The van der Waals surface area contributed by atoms with Gasteiger partial charge < -0.3 is 4.74 Å². The molecule has 0 N–H and O–H groups in total. The van der Waals surface area contributed by atoms with Crippen LogP contribution in [0.15, 0.2) is 69.4 Å². The molecule has 5 nitrogen and oxygen atoms in total. The van der Waals surface area contributed by atoms with Crippen molar-refractivity contribution in [3.05, 3.63) is 82.0 Å². The smallest absolute Gasteiger partial charge is 0.316 e. The maximum atomic E-state index is 13.4. The standard InChI is InChI=1S/C22H19FN2O3S2/c1-14-11-18-20(30-14)21(27)25(17-9-7-16(23)8-10-17)22(24-18)29-13-19(26)28-12-15-5-3-2-4-6-15/h2-10,14H,11-13H2,1H3. The second-order valence-electron chi connectivity index (χ2n) is 6.85. The number of nitrogens with zero attached hydrogens (tertiary/aromatic N) is 2. The van der Waals surface area contributed by atoms with Crippen molar-refractivity contribution < 1.29 is 13.9 Å². The van der Waals surface area contributed by atoms with Crippen LogP contribution in [-0.4, -0.2) is 26.5 Å². The summed E-state index contributed by atoms with van der Waals surface area (Å²) in [7, 11) is 0. The van der Waals surface area contributed by atoms with Crippen molar-refractivity contribution in [3.8, 4) is 5.69 Å². The molecule has 2 heterocycles. The number of esters is 1. The van der Waals surface area contributed by atoms with Crippen LogP contribution >= 0.6 is 23.5 Å². The molecule has 0 radical (unpaired) electrons. The van der Waals surface area contributed by atoms with E-state index in [0.717, 1.165) is 23.0 Å². The second-order valence-corrected chi connectivity index (χ2v) is 9.25. The third-order valence-electron chi connectivity index (χ3n) is 4.53. The summed E-state index contributed by atoms with van der Waals surface area (Å²) in [4.78, 5) is 30.7. The van der Waals surface area contributed by atoms with Crippen LogP contribution in [0, 0.1) is 5.82 Å². The van der Waals surface area contributed by atoms with Gasteiger partial charge in [-0.2, -0.15) is 0 Å². The van der Waals surface area contributed by atoms with E-state index in [4.69, 9.17) is 4.74 Å². The van der Waals surface area contributed by atoms with Crippen molar-refractivity contribution >= 4 is 29.5 Å². The maximum Gasteiger partial charge on any atom is 0.316 e. The molecule has 0 fully saturated rings. The summed E-state index contributed by atoms with van der Waals surface area (Å²) in [6.07, 6.45) is 0.700. The van der Waals surface area contributed by atoms with Crippen LogP contribution in [-0.2, 0) is 22.6 Å². The first-order valence-corrected chi connectivity index (χ1v) is 11.3. The van der Waals surface area contributed by atoms with Crippen LogP contribution in [0.4, 0.5) is 4.39 Å². The minimum Gasteiger partial charge on any atom is -0.460 e. The molecule has 3 aromatic rings. The average Bonchev–Trinajstić information content (AvgIpc) is 3.13. The van der Waals surface area contributed by atoms with Gasteiger partial charge in [0.05, 0.1) is 22.0 Å². The van der Waals surface area contributed by atoms with E-state index < -0.39 is 5.97 Å². The van der Waals surface area contributed by atoms with Crippen molar-refractivity contribution in [2.75, 3.05) is 5.75 Å². The second kappa shape index (κ2) is 9.06. The Morgan fingerprint density at radius 1 is 1.23 bits per heavy atom. The molecule has 2 aromatic carbocycles. The first kappa shape index (κ1) is 20.7. The molecule has 0 spiro atoms. The van der Waals surface area contributed by atoms with Gasteiger partial charge >= 0.3 is 5.97 Å². The van der Waals surface area contributed by atoms with Crippen LogP contribution in [0.5, 0.6) is 0 Å². The molecular weight excluding hydrogens is 423 g/mol. The van der Waals surface area contributed by atoms with E-state index >= 15 is 0 Å². The minimum atomic E-state index is -0.396. The first-order valence-electron chi connectivity index (χ1n) is 9.42. The van der Waals surface area contributed by atoms with Crippen LogP contribution in [0.25, 0.3) is 5.69 Å². The Kier molecular flexibility index (Phi) is 6.24. The lowest BCUT2D eigenvalue weighted by atomic mass is 10.2. The Hall–Kier alpha value is -2.58. The molecule has 1 aromatic heterocycles. The molecule has 4 rings (SSSR count). The summed E-state index contributed by atoms with van der Waals surface area (Å²) in [6, 6.07) is 15.1. The first-order chi connectivity index (χ1) is 14.5. The predicted octanol–water partition coefficient (Wildman–Crippen LogP) is 4.24. The van der Waals surface area contributed by atoms with Crippen LogP contribution in [0.3, 0.4) is 0 Å². The zero-order chi connectivity index (χ0) is 21.1. The van der Waals surface area contributed by atoms with Gasteiger partial charge in [-0.1, -0.05) is 49.0 Å². The number of ether oxygens (including phenoxy) is 1. The summed E-state index contributed by atoms with van der Waals surface area (Å²) < 4.78 is 20.1. The van der Waals surface area contributed by atoms with Gasteiger partial charge in [-0.25, -0.2) is 9.37 Å². The van der Waals surface area contributed by atoms with E-state index in [1.807, 2.05) is 37.3 Å². The van der Waals surface area contributed by atoms with Crippen molar-refractivity contribution in [1.29, 1.82) is 0 Å². The molecule has 1 aliphatic heterocycles. The van der Waals surface area contributed by atoms with E-state index in [2.05, 4.69) is 4.98 Å². The van der Waals surface area contributed by atoms with Gasteiger partial charge in [-0.3, -0.25) is 14.2 Å². The fourth-order valence-corrected chi connectivity index (χ4v) is 5.04. The van der Waals surface area contributed by atoms with Crippen molar-refractivity contribution in [3.63, 3.8) is 0 Å². The van der Waals surface area contributed by atoms with Gasteiger partial charge in [-0.15, -0.1) is 11.8 Å². The largest absolute Gasteiger partial charge is 0.460 e. The Labute approximate surface area is 181 Å². The third-order valence-corrected chi connectivity index (χ3v) is 6.65. The lowest BCUT2D eigenvalue weighted by molar-refractivity contribution is -0.141. The van der Waals surface area contributed by atoms with Crippen LogP contribution in [0.2, 0.25) is 0 Å². The highest BCUT2D eigenvalue weighted by Crippen LogP contribution is 2.34. The van der Waals surface area contributed by atoms with Gasteiger partial charge in [0.15, 0.2) is 5.16 Å².